The number of ether oxygens (including phenoxy) is 1. The summed E-state index contributed by atoms with van der Waals surface area (Å²) in [5.41, 5.74) is 1.04. The normalized spacial score (nSPS) is 10.7. The Morgan fingerprint density at radius 1 is 1.25 bits per heavy atom. The van der Waals surface area contributed by atoms with E-state index in [9.17, 15) is 0 Å². The predicted molar refractivity (Wildman–Crippen MR) is 77.0 cm³/mol. The maximum Gasteiger partial charge on any atom is 0.322 e. The Morgan fingerprint density at radius 2 is 2.05 bits per heavy atom. The number of hydrogen-bond donors (Lipinski definition) is 1. The second-order valence-electron chi connectivity index (χ2n) is 4.23. The van der Waals surface area contributed by atoms with E-state index in [1.54, 1.807) is 7.11 Å². The van der Waals surface area contributed by atoms with Crippen LogP contribution in [-0.2, 0) is 11.3 Å². The van der Waals surface area contributed by atoms with Crippen molar-refractivity contribution < 1.29 is 9.15 Å². The van der Waals surface area contributed by atoms with Gasteiger partial charge in [-0.05, 0) is 19.1 Å². The summed E-state index contributed by atoms with van der Waals surface area (Å²) < 4.78 is 10.6. The molecule has 1 N–H and O–H groups in total. The molecule has 2 aromatic rings. The minimum Gasteiger partial charge on any atom is -0.406 e. The highest BCUT2D eigenvalue weighted by Crippen LogP contribution is 2.23. The summed E-state index contributed by atoms with van der Waals surface area (Å²) in [6.45, 7) is 4.77. The Bertz CT molecular complexity index is 501. The van der Waals surface area contributed by atoms with E-state index in [2.05, 4.69) is 15.5 Å². The Hall–Kier alpha value is -1.92. The number of rotatable bonds is 8. The number of hydrogen-bond acceptors (Lipinski definition) is 6. The van der Waals surface area contributed by atoms with Crippen molar-refractivity contribution in [2.75, 3.05) is 31.7 Å². The largest absolute Gasteiger partial charge is 0.406 e. The zero-order chi connectivity index (χ0) is 14.2. The number of anilines is 2. The average Bonchev–Trinajstić information content (AvgIpc) is 2.94. The van der Waals surface area contributed by atoms with Crippen molar-refractivity contribution in [2.24, 2.45) is 0 Å². The maximum absolute atomic E-state index is 5.67. The van der Waals surface area contributed by atoms with Crippen molar-refractivity contribution in [1.82, 2.24) is 15.5 Å². The van der Waals surface area contributed by atoms with Gasteiger partial charge in [0.2, 0.25) is 5.89 Å². The molecule has 2 rings (SSSR count). The molecule has 20 heavy (non-hydrogen) atoms. The number of benzene rings is 1. The molecule has 6 nitrogen and oxygen atoms in total. The van der Waals surface area contributed by atoms with Gasteiger partial charge in [-0.2, -0.15) is 0 Å². The van der Waals surface area contributed by atoms with Crippen molar-refractivity contribution in [1.29, 1.82) is 0 Å². The third-order valence-corrected chi connectivity index (χ3v) is 2.83. The van der Waals surface area contributed by atoms with Crippen molar-refractivity contribution in [3.05, 3.63) is 36.2 Å². The van der Waals surface area contributed by atoms with Gasteiger partial charge in [0.25, 0.3) is 0 Å². The SMILES string of the molecule is CCN(c1ccccc1)c1nnc(CNCCOC)o1. The van der Waals surface area contributed by atoms with E-state index in [1.165, 1.54) is 0 Å². The first-order valence-corrected chi connectivity index (χ1v) is 6.69. The molecule has 0 saturated carbocycles. The summed E-state index contributed by atoms with van der Waals surface area (Å²) in [7, 11) is 1.67. The van der Waals surface area contributed by atoms with Crippen molar-refractivity contribution in [3.8, 4) is 0 Å². The van der Waals surface area contributed by atoms with Gasteiger partial charge >= 0.3 is 6.01 Å². The fraction of sp³-hybridized carbons (Fsp3) is 0.429. The second-order valence-corrected chi connectivity index (χ2v) is 4.23. The van der Waals surface area contributed by atoms with Gasteiger partial charge in [0.05, 0.1) is 13.2 Å². The molecule has 0 atom stereocenters. The standard InChI is InChI=1S/C14H20N4O2/c1-3-18(12-7-5-4-6-8-12)14-17-16-13(20-14)11-15-9-10-19-2/h4-8,15H,3,9-11H2,1-2H3. The molecule has 0 aliphatic rings. The summed E-state index contributed by atoms with van der Waals surface area (Å²) >= 11 is 0. The molecule has 0 aliphatic heterocycles. The maximum atomic E-state index is 5.67. The monoisotopic (exact) mass is 276 g/mol. The first-order chi connectivity index (χ1) is 9.85. The van der Waals surface area contributed by atoms with Gasteiger partial charge in [0.15, 0.2) is 0 Å². The van der Waals surface area contributed by atoms with Gasteiger partial charge < -0.3 is 14.5 Å². The molecule has 0 saturated heterocycles. The van der Waals surface area contributed by atoms with Crippen LogP contribution in [0.5, 0.6) is 0 Å². The van der Waals surface area contributed by atoms with Crippen LogP contribution in [0.3, 0.4) is 0 Å². The Labute approximate surface area is 118 Å². The molecule has 6 heteroatoms. The lowest BCUT2D eigenvalue weighted by Gasteiger charge is -2.17. The van der Waals surface area contributed by atoms with E-state index in [-0.39, 0.29) is 0 Å². The van der Waals surface area contributed by atoms with Gasteiger partial charge in [-0.1, -0.05) is 23.3 Å². The first-order valence-electron chi connectivity index (χ1n) is 6.69. The average molecular weight is 276 g/mol. The predicted octanol–water partition coefficient (Wildman–Crippen LogP) is 1.96. The summed E-state index contributed by atoms with van der Waals surface area (Å²) in [5, 5.41) is 11.3. The molecule has 1 aromatic carbocycles. The number of nitrogens with zero attached hydrogens (tertiary/aromatic N) is 3. The van der Waals surface area contributed by atoms with Gasteiger partial charge in [-0.3, -0.25) is 4.90 Å². The van der Waals surface area contributed by atoms with Crippen LogP contribution in [0.1, 0.15) is 12.8 Å². The molecule has 1 heterocycles. The molecule has 0 aliphatic carbocycles. The molecule has 0 fully saturated rings. The fourth-order valence-electron chi connectivity index (χ4n) is 1.83. The van der Waals surface area contributed by atoms with Crippen LogP contribution in [0.15, 0.2) is 34.7 Å². The van der Waals surface area contributed by atoms with E-state index in [0.29, 0.717) is 25.1 Å². The summed E-state index contributed by atoms with van der Waals surface area (Å²) in [5.74, 6) is 0.575. The van der Waals surface area contributed by atoms with Crippen molar-refractivity contribution >= 4 is 11.7 Å². The number of nitrogens with one attached hydrogen (secondary N) is 1. The highest BCUT2D eigenvalue weighted by Gasteiger charge is 2.14. The summed E-state index contributed by atoms with van der Waals surface area (Å²) in [4.78, 5) is 1.98. The molecule has 0 radical (unpaired) electrons. The molecule has 0 bridgehead atoms. The minimum atomic E-state index is 0.516. The lowest BCUT2D eigenvalue weighted by molar-refractivity contribution is 0.198. The van der Waals surface area contributed by atoms with Crippen LogP contribution < -0.4 is 10.2 Å². The topological polar surface area (TPSA) is 63.4 Å². The number of methoxy groups -OCH3 is 1. The zero-order valence-corrected chi connectivity index (χ0v) is 11.9. The summed E-state index contributed by atoms with van der Waals surface area (Å²) in [6.07, 6.45) is 0. The molecule has 108 valence electrons. The second kappa shape index (κ2) is 7.62. The van der Waals surface area contributed by atoms with Gasteiger partial charge in [-0.15, -0.1) is 5.10 Å². The van der Waals surface area contributed by atoms with Crippen LogP contribution >= 0.6 is 0 Å². The van der Waals surface area contributed by atoms with Gasteiger partial charge in [-0.25, -0.2) is 0 Å². The molecular formula is C14H20N4O2. The third kappa shape index (κ3) is 3.79. The van der Waals surface area contributed by atoms with Crippen LogP contribution in [-0.4, -0.2) is 37.0 Å². The molecule has 0 amide bonds. The minimum absolute atomic E-state index is 0.516. The van der Waals surface area contributed by atoms with Crippen LogP contribution in [0, 0.1) is 0 Å². The van der Waals surface area contributed by atoms with E-state index >= 15 is 0 Å². The first kappa shape index (κ1) is 14.5. The Balaban J connectivity index is 1.99. The van der Waals surface area contributed by atoms with E-state index in [4.69, 9.17) is 9.15 Å². The van der Waals surface area contributed by atoms with Crippen LogP contribution in [0.25, 0.3) is 0 Å². The van der Waals surface area contributed by atoms with Crippen molar-refractivity contribution in [3.63, 3.8) is 0 Å². The van der Waals surface area contributed by atoms with E-state index < -0.39 is 0 Å². The van der Waals surface area contributed by atoms with Gasteiger partial charge in [0, 0.05) is 25.9 Å². The Kier molecular flexibility index (Phi) is 5.52. The lowest BCUT2D eigenvalue weighted by atomic mass is 10.3. The molecular weight excluding hydrogens is 256 g/mol. The number of aromatic nitrogens is 2. The molecule has 0 spiro atoms. The highest BCUT2D eigenvalue weighted by molar-refractivity contribution is 5.55. The fourth-order valence-corrected chi connectivity index (χ4v) is 1.83. The van der Waals surface area contributed by atoms with Crippen LogP contribution in [0.2, 0.25) is 0 Å². The van der Waals surface area contributed by atoms with Crippen molar-refractivity contribution in [2.45, 2.75) is 13.5 Å². The quantitative estimate of drug-likeness (QED) is 0.744. The van der Waals surface area contributed by atoms with Gasteiger partial charge in [0.1, 0.15) is 0 Å². The highest BCUT2D eigenvalue weighted by atomic mass is 16.5. The Morgan fingerprint density at radius 3 is 2.75 bits per heavy atom. The number of para-hydroxylation sites is 1. The molecule has 0 unspecified atom stereocenters. The molecule has 1 aromatic heterocycles. The third-order valence-electron chi connectivity index (χ3n) is 2.83. The zero-order valence-electron chi connectivity index (χ0n) is 11.9. The smallest absolute Gasteiger partial charge is 0.322 e. The lowest BCUT2D eigenvalue weighted by Crippen LogP contribution is -2.18. The van der Waals surface area contributed by atoms with Crippen LogP contribution in [0.4, 0.5) is 11.7 Å². The van der Waals surface area contributed by atoms with E-state index in [0.717, 1.165) is 18.8 Å². The van der Waals surface area contributed by atoms with E-state index in [1.807, 2.05) is 42.2 Å². The summed E-state index contributed by atoms with van der Waals surface area (Å²) in [6, 6.07) is 10.5.